The van der Waals surface area contributed by atoms with Crippen LogP contribution in [0, 0.1) is 0 Å². The molecule has 0 aliphatic heterocycles. The molecular weight excluding hydrogens is 360 g/mol. The fourth-order valence-corrected chi connectivity index (χ4v) is 3.34. The van der Waals surface area contributed by atoms with E-state index >= 15 is 0 Å². The van der Waals surface area contributed by atoms with Gasteiger partial charge in [-0.1, -0.05) is 101 Å². The molecule has 1 aromatic heterocycles. The van der Waals surface area contributed by atoms with Gasteiger partial charge in [0.25, 0.3) is 0 Å². The Morgan fingerprint density at radius 1 is 0.862 bits per heavy atom. The molecule has 0 aliphatic rings. The fraction of sp³-hybridized carbons (Fsp3) is 0.600. The number of aromatic carboxylic acids is 1. The van der Waals surface area contributed by atoms with Crippen LogP contribution in [0.15, 0.2) is 49.1 Å². The molecule has 1 heterocycles. The third-order valence-electron chi connectivity index (χ3n) is 5.10. The highest BCUT2D eigenvalue weighted by atomic mass is 16.4. The topological polar surface area (TPSA) is 48.9 Å². The van der Waals surface area contributed by atoms with Crippen LogP contribution in [-0.2, 0) is 13.6 Å². The van der Waals surface area contributed by atoms with Crippen LogP contribution in [0.5, 0.6) is 0 Å². The van der Waals surface area contributed by atoms with Crippen molar-refractivity contribution in [2.24, 2.45) is 7.05 Å². The zero-order valence-electron chi connectivity index (χ0n) is 18.5. The normalized spacial score (nSPS) is 10.4. The molecule has 0 bridgehead atoms. The Balaban J connectivity index is 0.000000387. The van der Waals surface area contributed by atoms with Crippen LogP contribution in [0.3, 0.4) is 0 Å². The Bertz CT molecular complexity index is 637. The van der Waals surface area contributed by atoms with Crippen LogP contribution < -0.4 is 9.67 Å². The maximum Gasteiger partial charge on any atom is 0.243 e. The Hall–Kier alpha value is -2.10. The number of carbonyl (C=O) groups is 1. The number of hydrogen-bond acceptors (Lipinski definition) is 2. The monoisotopic (exact) mass is 400 g/mol. The van der Waals surface area contributed by atoms with Crippen LogP contribution in [-0.4, -0.2) is 10.5 Å². The zero-order valence-corrected chi connectivity index (χ0v) is 18.5. The first-order chi connectivity index (χ1) is 14.1. The molecule has 0 unspecified atom stereocenters. The first kappa shape index (κ1) is 24.9. The van der Waals surface area contributed by atoms with Crippen LogP contribution in [0.1, 0.15) is 94.3 Å². The van der Waals surface area contributed by atoms with Gasteiger partial charge in [-0.05, 0) is 18.4 Å². The summed E-state index contributed by atoms with van der Waals surface area (Å²) in [5.74, 6) is -1.13. The summed E-state index contributed by atoms with van der Waals surface area (Å²) < 4.78 is 4.40. The lowest BCUT2D eigenvalue weighted by atomic mass is 10.1. The number of nitrogens with zero attached hydrogens (tertiary/aromatic N) is 2. The molecule has 1 aromatic carbocycles. The van der Waals surface area contributed by atoms with Crippen molar-refractivity contribution in [1.82, 2.24) is 4.57 Å². The van der Waals surface area contributed by atoms with Gasteiger partial charge < -0.3 is 9.90 Å². The Kier molecular flexibility index (Phi) is 14.5. The molecule has 0 aliphatic carbocycles. The van der Waals surface area contributed by atoms with Crippen molar-refractivity contribution in [2.75, 3.05) is 0 Å². The van der Waals surface area contributed by atoms with Crippen LogP contribution in [0.4, 0.5) is 0 Å². The molecule has 0 fully saturated rings. The minimum atomic E-state index is -1.13. The Labute approximate surface area is 177 Å². The Morgan fingerprint density at radius 2 is 1.38 bits per heavy atom. The van der Waals surface area contributed by atoms with Crippen molar-refractivity contribution in [3.8, 4) is 0 Å². The molecule has 2 aromatic rings. The molecule has 0 N–H and O–H groups in total. The molecule has 29 heavy (non-hydrogen) atoms. The molecule has 0 spiro atoms. The standard InChI is InChI=1S/C18H35N2.C7H6O2/c1-3-4-5-6-7-8-9-10-11-12-13-14-15-20-17-16-19(2)18-20;8-7(9)6-4-2-1-3-5-6/h16-18H,3-15H2,1-2H3;1-5H,(H,8,9)/q+1;/p-1. The predicted octanol–water partition coefficient (Wildman–Crippen LogP) is 5.06. The minimum Gasteiger partial charge on any atom is -0.545 e. The van der Waals surface area contributed by atoms with Crippen molar-refractivity contribution in [3.63, 3.8) is 0 Å². The second-order valence-corrected chi connectivity index (χ2v) is 7.86. The number of carbonyl (C=O) groups excluding carboxylic acids is 1. The smallest absolute Gasteiger partial charge is 0.243 e. The number of carboxylic acid groups (broad SMARTS) is 1. The maximum absolute atomic E-state index is 10.1. The predicted molar refractivity (Wildman–Crippen MR) is 117 cm³/mol. The fourth-order valence-electron chi connectivity index (χ4n) is 3.34. The lowest BCUT2D eigenvalue weighted by molar-refractivity contribution is -0.671. The van der Waals surface area contributed by atoms with Gasteiger partial charge in [0.05, 0.1) is 19.6 Å². The van der Waals surface area contributed by atoms with Gasteiger partial charge >= 0.3 is 0 Å². The van der Waals surface area contributed by atoms with Crippen LogP contribution >= 0.6 is 0 Å². The number of imidazole rings is 1. The first-order valence-corrected chi connectivity index (χ1v) is 11.4. The van der Waals surface area contributed by atoms with Crippen LogP contribution in [0.2, 0.25) is 0 Å². The molecule has 162 valence electrons. The van der Waals surface area contributed by atoms with Gasteiger partial charge in [0, 0.05) is 0 Å². The highest BCUT2D eigenvalue weighted by Gasteiger charge is 1.99. The molecule has 0 saturated carbocycles. The quantitative estimate of drug-likeness (QED) is 0.328. The number of aromatic nitrogens is 2. The molecule has 0 saturated heterocycles. The SMILES string of the molecule is CCCCCCCCCCCCCCn1cc[n+](C)c1.O=C([O-])c1ccccc1. The van der Waals surface area contributed by atoms with Crippen molar-refractivity contribution in [3.05, 3.63) is 54.6 Å². The average molecular weight is 401 g/mol. The summed E-state index contributed by atoms with van der Waals surface area (Å²) >= 11 is 0. The summed E-state index contributed by atoms with van der Waals surface area (Å²) in [6.07, 6.45) is 23.6. The highest BCUT2D eigenvalue weighted by molar-refractivity contribution is 5.85. The van der Waals surface area contributed by atoms with Gasteiger partial charge in [-0.25, -0.2) is 9.13 Å². The molecule has 2 rings (SSSR count). The molecule has 4 heteroatoms. The van der Waals surface area contributed by atoms with E-state index in [1.807, 2.05) is 0 Å². The maximum atomic E-state index is 10.1. The van der Waals surface area contributed by atoms with Gasteiger partial charge in [-0.15, -0.1) is 0 Å². The summed E-state index contributed by atoms with van der Waals surface area (Å²) in [6, 6.07) is 8.06. The first-order valence-electron chi connectivity index (χ1n) is 11.4. The molecular formula is C25H40N2O2. The zero-order chi connectivity index (χ0) is 21.2. The third kappa shape index (κ3) is 13.7. The largest absolute Gasteiger partial charge is 0.545 e. The van der Waals surface area contributed by atoms with Gasteiger partial charge in [0.2, 0.25) is 6.33 Å². The molecule has 0 amide bonds. The summed E-state index contributed by atoms with van der Waals surface area (Å²) in [4.78, 5) is 10.1. The lowest BCUT2D eigenvalue weighted by Crippen LogP contribution is -2.23. The second kappa shape index (κ2) is 16.8. The van der Waals surface area contributed by atoms with E-state index in [9.17, 15) is 9.90 Å². The summed E-state index contributed by atoms with van der Waals surface area (Å²) in [7, 11) is 2.08. The van der Waals surface area contributed by atoms with E-state index in [1.165, 1.54) is 95.7 Å². The number of benzene rings is 1. The van der Waals surface area contributed by atoms with E-state index in [1.54, 1.807) is 18.2 Å². The lowest BCUT2D eigenvalue weighted by Gasteiger charge is -2.02. The Morgan fingerprint density at radius 3 is 1.79 bits per heavy atom. The van der Waals surface area contributed by atoms with Crippen molar-refractivity contribution in [1.29, 1.82) is 0 Å². The highest BCUT2D eigenvalue weighted by Crippen LogP contribution is 2.12. The minimum absolute atomic E-state index is 0.220. The summed E-state index contributed by atoms with van der Waals surface area (Å²) in [6.45, 7) is 3.47. The molecule has 0 radical (unpaired) electrons. The van der Waals surface area contributed by atoms with Gasteiger partial charge in [0.1, 0.15) is 12.4 Å². The van der Waals surface area contributed by atoms with E-state index in [-0.39, 0.29) is 5.56 Å². The van der Waals surface area contributed by atoms with E-state index in [0.717, 1.165) is 0 Å². The number of carboxylic acids is 1. The summed E-state index contributed by atoms with van der Waals surface area (Å²) in [5.41, 5.74) is 0.220. The molecule has 4 nitrogen and oxygen atoms in total. The van der Waals surface area contributed by atoms with E-state index in [0.29, 0.717) is 0 Å². The van der Waals surface area contributed by atoms with E-state index in [2.05, 4.69) is 41.8 Å². The molecule has 0 atom stereocenters. The van der Waals surface area contributed by atoms with Crippen molar-refractivity contribution in [2.45, 2.75) is 90.5 Å². The second-order valence-electron chi connectivity index (χ2n) is 7.86. The number of hydrogen-bond donors (Lipinski definition) is 0. The number of rotatable bonds is 14. The van der Waals surface area contributed by atoms with Crippen molar-refractivity contribution < 1.29 is 14.5 Å². The van der Waals surface area contributed by atoms with E-state index in [4.69, 9.17) is 0 Å². The van der Waals surface area contributed by atoms with Crippen molar-refractivity contribution >= 4 is 5.97 Å². The number of aryl methyl sites for hydroxylation is 2. The van der Waals surface area contributed by atoms with Gasteiger partial charge in [0.15, 0.2) is 0 Å². The summed E-state index contributed by atoms with van der Waals surface area (Å²) in [5, 5.41) is 10.1. The van der Waals surface area contributed by atoms with Gasteiger partial charge in [-0.3, -0.25) is 0 Å². The third-order valence-corrected chi connectivity index (χ3v) is 5.10. The average Bonchev–Trinajstić information content (AvgIpc) is 3.15. The van der Waals surface area contributed by atoms with Gasteiger partial charge in [-0.2, -0.15) is 0 Å². The van der Waals surface area contributed by atoms with Crippen LogP contribution in [0.25, 0.3) is 0 Å². The van der Waals surface area contributed by atoms with E-state index < -0.39 is 5.97 Å². The number of unbranched alkanes of at least 4 members (excludes halogenated alkanes) is 11.